The smallest absolute Gasteiger partial charge is 0.296 e. The van der Waals surface area contributed by atoms with Gasteiger partial charge in [-0.15, -0.1) is 10.2 Å². The fraction of sp³-hybridized carbons (Fsp3) is 0.111. The molecule has 1 N–H and O–H groups in total. The number of aliphatic hydroxyl groups is 1. The van der Waals surface area contributed by atoms with E-state index in [0.29, 0.717) is 5.76 Å². The van der Waals surface area contributed by atoms with Gasteiger partial charge in [-0.2, -0.15) is 0 Å². The van der Waals surface area contributed by atoms with E-state index in [9.17, 15) is 19.1 Å². The Bertz CT molecular complexity index is 1070. The standard InChI is InChI=1S/C18H12FN3O4S/c1-9-6-7-12(26-9)15(23)13-14(10-4-2-3-5-11(10)19)22(17(25)16(13)24)18-21-20-8-27-18/h2-8,14,24H,1H3. The van der Waals surface area contributed by atoms with E-state index < -0.39 is 29.3 Å². The van der Waals surface area contributed by atoms with Crippen molar-refractivity contribution < 1.29 is 23.5 Å². The minimum absolute atomic E-state index is 0.0525. The van der Waals surface area contributed by atoms with Gasteiger partial charge in [-0.1, -0.05) is 29.5 Å². The van der Waals surface area contributed by atoms with Gasteiger partial charge in [0.25, 0.3) is 5.91 Å². The third kappa shape index (κ3) is 2.72. The van der Waals surface area contributed by atoms with Gasteiger partial charge in [0, 0.05) is 5.56 Å². The Morgan fingerprint density at radius 1 is 1.30 bits per heavy atom. The minimum atomic E-state index is -1.19. The molecule has 1 aliphatic heterocycles. The van der Waals surface area contributed by atoms with Crippen molar-refractivity contribution in [2.24, 2.45) is 0 Å². The van der Waals surface area contributed by atoms with Crippen molar-refractivity contribution in [3.8, 4) is 0 Å². The maximum atomic E-state index is 14.5. The van der Waals surface area contributed by atoms with Crippen LogP contribution in [-0.4, -0.2) is 27.0 Å². The molecule has 4 rings (SSSR count). The van der Waals surface area contributed by atoms with Gasteiger partial charge in [0.1, 0.15) is 23.1 Å². The zero-order valence-corrected chi connectivity index (χ0v) is 14.7. The monoisotopic (exact) mass is 385 g/mol. The largest absolute Gasteiger partial charge is 0.503 e. The van der Waals surface area contributed by atoms with E-state index in [1.807, 2.05) is 0 Å². The SMILES string of the molecule is Cc1ccc(C(=O)C2=C(O)C(=O)N(c3nncs3)C2c2ccccc2F)o1. The summed E-state index contributed by atoms with van der Waals surface area (Å²) < 4.78 is 19.9. The first-order chi connectivity index (χ1) is 13.0. The molecular weight excluding hydrogens is 373 g/mol. The molecule has 0 saturated heterocycles. The number of anilines is 1. The van der Waals surface area contributed by atoms with Crippen LogP contribution in [0.2, 0.25) is 0 Å². The quantitative estimate of drug-likeness (QED) is 0.692. The molecule has 0 radical (unpaired) electrons. The zero-order chi connectivity index (χ0) is 19.1. The number of aliphatic hydroxyl groups excluding tert-OH is 1. The van der Waals surface area contributed by atoms with Crippen molar-refractivity contribution in [2.75, 3.05) is 4.90 Å². The maximum Gasteiger partial charge on any atom is 0.296 e. The molecule has 3 aromatic rings. The number of carbonyl (C=O) groups is 2. The molecule has 27 heavy (non-hydrogen) atoms. The van der Waals surface area contributed by atoms with Crippen LogP contribution in [-0.2, 0) is 4.79 Å². The highest BCUT2D eigenvalue weighted by molar-refractivity contribution is 7.13. The number of nitrogens with zero attached hydrogens (tertiary/aromatic N) is 3. The highest BCUT2D eigenvalue weighted by atomic mass is 32.1. The predicted molar refractivity (Wildman–Crippen MR) is 94.0 cm³/mol. The molecule has 0 aliphatic carbocycles. The van der Waals surface area contributed by atoms with Crippen molar-refractivity contribution in [3.63, 3.8) is 0 Å². The van der Waals surface area contributed by atoms with E-state index in [-0.39, 0.29) is 22.0 Å². The highest BCUT2D eigenvalue weighted by Crippen LogP contribution is 2.43. The van der Waals surface area contributed by atoms with Crippen LogP contribution in [0.3, 0.4) is 0 Å². The Hall–Kier alpha value is -3.33. The Kier molecular flexibility index (Phi) is 4.08. The van der Waals surface area contributed by atoms with Crippen molar-refractivity contribution in [3.05, 3.63) is 76.1 Å². The number of benzene rings is 1. The van der Waals surface area contributed by atoms with Gasteiger partial charge in [-0.25, -0.2) is 4.39 Å². The zero-order valence-electron chi connectivity index (χ0n) is 13.9. The van der Waals surface area contributed by atoms with Crippen LogP contribution in [0.25, 0.3) is 0 Å². The van der Waals surface area contributed by atoms with E-state index >= 15 is 0 Å². The molecule has 1 aliphatic rings. The van der Waals surface area contributed by atoms with E-state index in [4.69, 9.17) is 4.42 Å². The number of hydrogen-bond donors (Lipinski definition) is 1. The van der Waals surface area contributed by atoms with Gasteiger partial charge in [0.15, 0.2) is 11.5 Å². The molecule has 0 saturated carbocycles. The number of ketones is 1. The lowest BCUT2D eigenvalue weighted by Crippen LogP contribution is -2.31. The molecule has 9 heteroatoms. The summed E-state index contributed by atoms with van der Waals surface area (Å²) in [5.41, 5.74) is 1.18. The molecule has 2 aromatic heterocycles. The molecule has 0 bridgehead atoms. The number of hydrogen-bond acceptors (Lipinski definition) is 7. The number of rotatable bonds is 4. The average Bonchev–Trinajstić information content (AvgIpc) is 3.37. The number of aryl methyl sites for hydroxylation is 1. The van der Waals surface area contributed by atoms with E-state index in [0.717, 1.165) is 16.2 Å². The molecule has 136 valence electrons. The summed E-state index contributed by atoms with van der Waals surface area (Å²) in [6, 6.07) is 7.57. The summed E-state index contributed by atoms with van der Waals surface area (Å²) in [5.74, 6) is -2.51. The number of amides is 1. The van der Waals surface area contributed by atoms with E-state index in [1.165, 1.54) is 29.8 Å². The molecule has 1 unspecified atom stereocenters. The molecule has 7 nitrogen and oxygen atoms in total. The van der Waals surface area contributed by atoms with Crippen LogP contribution < -0.4 is 4.90 Å². The Morgan fingerprint density at radius 2 is 2.07 bits per heavy atom. The summed E-state index contributed by atoms with van der Waals surface area (Å²) in [5, 5.41) is 18.1. The first kappa shape index (κ1) is 17.1. The Balaban J connectivity index is 1.90. The van der Waals surface area contributed by atoms with Gasteiger partial charge in [-0.3, -0.25) is 14.5 Å². The second-order valence-corrected chi connectivity index (χ2v) is 6.63. The van der Waals surface area contributed by atoms with Crippen LogP contribution in [0.5, 0.6) is 0 Å². The topological polar surface area (TPSA) is 96.5 Å². The molecule has 1 amide bonds. The lowest BCUT2D eigenvalue weighted by Gasteiger charge is -2.24. The molecule has 1 atom stereocenters. The second-order valence-electron chi connectivity index (χ2n) is 5.82. The van der Waals surface area contributed by atoms with Crippen molar-refractivity contribution in [1.29, 1.82) is 0 Å². The normalized spacial score (nSPS) is 17.0. The lowest BCUT2D eigenvalue weighted by molar-refractivity contribution is -0.117. The van der Waals surface area contributed by atoms with Gasteiger partial charge in [0.2, 0.25) is 10.9 Å². The summed E-state index contributed by atoms with van der Waals surface area (Å²) in [6.45, 7) is 1.66. The fourth-order valence-electron chi connectivity index (χ4n) is 2.99. The third-order valence-corrected chi connectivity index (χ3v) is 4.86. The summed E-state index contributed by atoms with van der Waals surface area (Å²) >= 11 is 1.03. The first-order valence-corrected chi connectivity index (χ1v) is 8.75. The number of aromatic nitrogens is 2. The van der Waals surface area contributed by atoms with Gasteiger partial charge >= 0.3 is 0 Å². The average molecular weight is 385 g/mol. The second kappa shape index (κ2) is 6.44. The summed E-state index contributed by atoms with van der Waals surface area (Å²) in [4.78, 5) is 26.7. The number of Topliss-reactive ketones (excluding diaryl/α,β-unsaturated/α-hetero) is 1. The van der Waals surface area contributed by atoms with Crippen LogP contribution in [0.1, 0.15) is 27.9 Å². The van der Waals surface area contributed by atoms with Crippen LogP contribution in [0.15, 0.2) is 57.7 Å². The Labute approximate surface area is 156 Å². The molecule has 0 fully saturated rings. The van der Waals surface area contributed by atoms with Crippen molar-refractivity contribution in [1.82, 2.24) is 10.2 Å². The van der Waals surface area contributed by atoms with E-state index in [1.54, 1.807) is 19.1 Å². The van der Waals surface area contributed by atoms with Gasteiger partial charge in [-0.05, 0) is 25.1 Å². The van der Waals surface area contributed by atoms with Crippen molar-refractivity contribution in [2.45, 2.75) is 13.0 Å². The minimum Gasteiger partial charge on any atom is -0.503 e. The summed E-state index contributed by atoms with van der Waals surface area (Å²) in [6.07, 6.45) is 0. The van der Waals surface area contributed by atoms with Gasteiger partial charge < -0.3 is 9.52 Å². The molecule has 3 heterocycles. The Morgan fingerprint density at radius 3 is 2.70 bits per heavy atom. The molecule has 1 aromatic carbocycles. The molecular formula is C18H12FN3O4S. The fourth-order valence-corrected chi connectivity index (χ4v) is 3.57. The van der Waals surface area contributed by atoms with Crippen LogP contribution in [0.4, 0.5) is 9.52 Å². The first-order valence-electron chi connectivity index (χ1n) is 7.87. The molecule has 0 spiro atoms. The predicted octanol–water partition coefficient (Wildman–Crippen LogP) is 3.36. The highest BCUT2D eigenvalue weighted by Gasteiger charge is 2.47. The lowest BCUT2D eigenvalue weighted by atomic mass is 9.95. The van der Waals surface area contributed by atoms with Crippen LogP contribution in [0, 0.1) is 12.7 Å². The van der Waals surface area contributed by atoms with E-state index in [2.05, 4.69) is 10.2 Å². The third-order valence-electron chi connectivity index (χ3n) is 4.17. The number of halogens is 1. The van der Waals surface area contributed by atoms with Crippen LogP contribution >= 0.6 is 11.3 Å². The van der Waals surface area contributed by atoms with Gasteiger partial charge in [0.05, 0.1) is 5.57 Å². The summed E-state index contributed by atoms with van der Waals surface area (Å²) in [7, 11) is 0. The maximum absolute atomic E-state index is 14.5. The number of furan rings is 1. The van der Waals surface area contributed by atoms with Crippen molar-refractivity contribution >= 4 is 28.2 Å². The number of carbonyl (C=O) groups excluding carboxylic acids is 2.